The number of carbonyl (C=O) groups excluding carboxylic acids is 1. The van der Waals surface area contributed by atoms with Gasteiger partial charge in [-0.3, -0.25) is 0 Å². The highest BCUT2D eigenvalue weighted by atomic mass is 32.2. The number of nitrogens with zero attached hydrogens (tertiary/aromatic N) is 1. The van der Waals surface area contributed by atoms with Gasteiger partial charge in [0.15, 0.2) is 0 Å². The molecule has 0 aliphatic rings. The fourth-order valence-corrected chi connectivity index (χ4v) is 4.51. The highest BCUT2D eigenvalue weighted by Crippen LogP contribution is 2.12. The molecule has 0 aromatic heterocycles. The van der Waals surface area contributed by atoms with Crippen LogP contribution in [0, 0.1) is 0 Å². The Morgan fingerprint density at radius 2 is 1.00 bits per heavy atom. The van der Waals surface area contributed by atoms with Crippen molar-refractivity contribution in [2.75, 3.05) is 13.1 Å². The maximum atomic E-state index is 12.3. The lowest BCUT2D eigenvalue weighted by molar-refractivity contribution is 0.252. The molecule has 3 N–H and O–H groups in total. The van der Waals surface area contributed by atoms with Crippen LogP contribution in [0.15, 0.2) is 0 Å². The first-order valence-corrected chi connectivity index (χ1v) is 12.9. The monoisotopic (exact) mass is 419 g/mol. The normalized spacial score (nSPS) is 11.8. The smallest absolute Gasteiger partial charge is 0.326 e. The minimum Gasteiger partial charge on any atom is -0.351 e. The Kier molecular flexibility index (Phi) is 17.7. The van der Waals surface area contributed by atoms with Gasteiger partial charge in [-0.2, -0.15) is 12.7 Å². The molecule has 0 saturated carbocycles. The zero-order valence-corrected chi connectivity index (χ0v) is 19.2. The molecule has 2 amide bonds. The molecule has 0 heterocycles. The van der Waals surface area contributed by atoms with E-state index in [1.165, 1.54) is 68.5 Å². The molecule has 0 aliphatic carbocycles. The van der Waals surface area contributed by atoms with Crippen molar-refractivity contribution in [2.45, 2.75) is 117 Å². The summed E-state index contributed by atoms with van der Waals surface area (Å²) in [7, 11) is -3.82. The number of hydrogen-bond acceptors (Lipinski definition) is 3. The summed E-state index contributed by atoms with van der Waals surface area (Å²) < 4.78 is 28.0. The van der Waals surface area contributed by atoms with E-state index in [1.54, 1.807) is 0 Å². The number of unbranched alkanes of at least 4 members (excludes halogenated alkanes) is 14. The third kappa shape index (κ3) is 16.2. The van der Waals surface area contributed by atoms with Gasteiger partial charge < -0.3 is 5.73 Å². The van der Waals surface area contributed by atoms with Gasteiger partial charge >= 0.3 is 16.2 Å². The van der Waals surface area contributed by atoms with Gasteiger partial charge in [-0.25, -0.2) is 9.52 Å². The molecule has 0 radical (unpaired) electrons. The van der Waals surface area contributed by atoms with Crippen molar-refractivity contribution in [3.05, 3.63) is 0 Å². The van der Waals surface area contributed by atoms with E-state index in [4.69, 9.17) is 5.73 Å². The summed E-state index contributed by atoms with van der Waals surface area (Å²) in [6, 6.07) is -1.02. The zero-order chi connectivity index (χ0) is 21.1. The fourth-order valence-electron chi connectivity index (χ4n) is 3.39. The summed E-state index contributed by atoms with van der Waals surface area (Å²) in [6.07, 6.45) is 18.6. The minimum atomic E-state index is -3.82. The fraction of sp³-hybridized carbons (Fsp3) is 0.952. The largest absolute Gasteiger partial charge is 0.351 e. The zero-order valence-electron chi connectivity index (χ0n) is 18.4. The first-order chi connectivity index (χ1) is 13.4. The van der Waals surface area contributed by atoms with E-state index in [1.807, 2.05) is 4.72 Å². The van der Waals surface area contributed by atoms with Crippen LogP contribution < -0.4 is 10.5 Å². The van der Waals surface area contributed by atoms with Gasteiger partial charge in [0.1, 0.15) is 0 Å². The van der Waals surface area contributed by atoms with Crippen molar-refractivity contribution >= 4 is 16.2 Å². The number of urea groups is 1. The number of nitrogens with one attached hydrogen (secondary N) is 1. The minimum absolute atomic E-state index is 0.452. The molecule has 168 valence electrons. The lowest BCUT2D eigenvalue weighted by atomic mass is 10.1. The van der Waals surface area contributed by atoms with Gasteiger partial charge in [0.05, 0.1) is 0 Å². The van der Waals surface area contributed by atoms with Crippen LogP contribution in [0.2, 0.25) is 0 Å². The highest BCUT2D eigenvalue weighted by Gasteiger charge is 2.22. The quantitative estimate of drug-likeness (QED) is 0.256. The molecule has 0 atom stereocenters. The van der Waals surface area contributed by atoms with Crippen molar-refractivity contribution in [1.29, 1.82) is 0 Å². The second kappa shape index (κ2) is 18.2. The second-order valence-corrected chi connectivity index (χ2v) is 9.49. The van der Waals surface area contributed by atoms with Crippen LogP contribution in [0.1, 0.15) is 117 Å². The molecule has 0 rings (SSSR count). The lowest BCUT2D eigenvalue weighted by Crippen LogP contribution is -2.46. The van der Waals surface area contributed by atoms with Crippen LogP contribution in [0.25, 0.3) is 0 Å². The molecule has 0 aromatic rings. The number of primary amides is 1. The van der Waals surface area contributed by atoms with E-state index in [-0.39, 0.29) is 0 Å². The molecule has 0 spiro atoms. The Labute approximate surface area is 174 Å². The Morgan fingerprint density at radius 3 is 1.32 bits per heavy atom. The van der Waals surface area contributed by atoms with Crippen LogP contribution in [0.3, 0.4) is 0 Å². The van der Waals surface area contributed by atoms with Crippen molar-refractivity contribution < 1.29 is 13.2 Å². The van der Waals surface area contributed by atoms with E-state index < -0.39 is 16.2 Å². The van der Waals surface area contributed by atoms with E-state index in [0.717, 1.165) is 38.5 Å². The van der Waals surface area contributed by atoms with E-state index in [0.29, 0.717) is 13.1 Å². The maximum absolute atomic E-state index is 12.3. The molecule has 0 aliphatic heterocycles. The number of amides is 2. The molecule has 28 heavy (non-hydrogen) atoms. The average Bonchev–Trinajstić information content (AvgIpc) is 2.63. The Morgan fingerprint density at radius 1 is 0.679 bits per heavy atom. The van der Waals surface area contributed by atoms with Crippen molar-refractivity contribution in [1.82, 2.24) is 9.03 Å². The van der Waals surface area contributed by atoms with Gasteiger partial charge in [0.25, 0.3) is 0 Å². The van der Waals surface area contributed by atoms with Crippen molar-refractivity contribution in [2.24, 2.45) is 5.73 Å². The predicted molar refractivity (Wildman–Crippen MR) is 118 cm³/mol. The number of hydrogen-bond donors (Lipinski definition) is 2. The van der Waals surface area contributed by atoms with Crippen LogP contribution in [-0.4, -0.2) is 31.8 Å². The Balaban J connectivity index is 4.14. The summed E-state index contributed by atoms with van der Waals surface area (Å²) in [5.74, 6) is 0. The van der Waals surface area contributed by atoms with E-state index >= 15 is 0 Å². The van der Waals surface area contributed by atoms with Crippen molar-refractivity contribution in [3.63, 3.8) is 0 Å². The number of rotatable bonds is 20. The first kappa shape index (κ1) is 27.2. The summed E-state index contributed by atoms with van der Waals surface area (Å²) >= 11 is 0. The molecule has 0 bridgehead atoms. The lowest BCUT2D eigenvalue weighted by Gasteiger charge is -2.21. The first-order valence-electron chi connectivity index (χ1n) is 11.5. The van der Waals surface area contributed by atoms with E-state index in [2.05, 4.69) is 13.8 Å². The summed E-state index contributed by atoms with van der Waals surface area (Å²) in [5, 5.41) is 0. The second-order valence-electron chi connectivity index (χ2n) is 7.82. The Hall–Kier alpha value is -0.820. The highest BCUT2D eigenvalue weighted by molar-refractivity contribution is 7.87. The molecule has 0 fully saturated rings. The summed E-state index contributed by atoms with van der Waals surface area (Å²) in [6.45, 7) is 5.32. The van der Waals surface area contributed by atoms with Crippen LogP contribution in [0.5, 0.6) is 0 Å². The van der Waals surface area contributed by atoms with Gasteiger partial charge in [-0.1, -0.05) is 104 Å². The maximum Gasteiger partial charge on any atom is 0.326 e. The summed E-state index contributed by atoms with van der Waals surface area (Å²) in [5.41, 5.74) is 5.03. The molecule has 6 nitrogen and oxygen atoms in total. The SMILES string of the molecule is CCCCCCCCCCN(CCCCCCCCCC)S(=O)(=O)NC(N)=O. The number of carbonyl (C=O) groups is 1. The average molecular weight is 420 g/mol. The standard InChI is InChI=1S/C21H45N3O3S/c1-3-5-7-9-11-13-15-17-19-24(28(26,27)23-21(22)25)20-18-16-14-12-10-8-6-4-2/h3-20H2,1-2H3,(H3,22,23,25). The molecule has 0 saturated heterocycles. The number of nitrogens with two attached hydrogens (primary N) is 1. The van der Waals surface area contributed by atoms with Gasteiger partial charge in [-0.15, -0.1) is 0 Å². The molecule has 0 aromatic carbocycles. The molecular weight excluding hydrogens is 374 g/mol. The van der Waals surface area contributed by atoms with Gasteiger partial charge in [0.2, 0.25) is 0 Å². The van der Waals surface area contributed by atoms with Crippen LogP contribution in [-0.2, 0) is 10.2 Å². The Bertz CT molecular complexity index is 450. The van der Waals surface area contributed by atoms with Crippen LogP contribution >= 0.6 is 0 Å². The topological polar surface area (TPSA) is 92.5 Å². The van der Waals surface area contributed by atoms with Crippen LogP contribution in [0.4, 0.5) is 4.79 Å². The third-order valence-corrected chi connectivity index (χ3v) is 6.60. The predicted octanol–water partition coefficient (Wildman–Crippen LogP) is 5.48. The summed E-state index contributed by atoms with van der Waals surface area (Å²) in [4.78, 5) is 11.0. The van der Waals surface area contributed by atoms with Gasteiger partial charge in [0, 0.05) is 13.1 Å². The molecule has 7 heteroatoms. The van der Waals surface area contributed by atoms with Crippen molar-refractivity contribution in [3.8, 4) is 0 Å². The third-order valence-electron chi connectivity index (χ3n) is 5.09. The van der Waals surface area contributed by atoms with E-state index in [9.17, 15) is 13.2 Å². The molecular formula is C21H45N3O3S. The van der Waals surface area contributed by atoms with Gasteiger partial charge in [-0.05, 0) is 12.8 Å². The molecule has 0 unspecified atom stereocenters.